The average Bonchev–Trinajstić information content (AvgIpc) is 2.59. The molecule has 92 valence electrons. The highest BCUT2D eigenvalue weighted by Gasteiger charge is 2.31. The fourth-order valence-corrected chi connectivity index (χ4v) is 1.53. The molecule has 0 unspecified atom stereocenters. The molecule has 1 aromatic rings. The quantitative estimate of drug-likeness (QED) is 0.870. The summed E-state index contributed by atoms with van der Waals surface area (Å²) in [7, 11) is 0. The second-order valence-electron chi connectivity index (χ2n) is 3.23. The highest BCUT2D eigenvalue weighted by atomic mass is 32.2. The van der Waals surface area contributed by atoms with E-state index in [0.29, 0.717) is 6.42 Å². The van der Waals surface area contributed by atoms with E-state index in [1.54, 1.807) is 11.8 Å². The summed E-state index contributed by atoms with van der Waals surface area (Å²) < 4.78 is 40.7. The first-order chi connectivity index (χ1) is 7.42. The molecule has 4 nitrogen and oxygen atoms in total. The molecular formula is C8H12F3N3OS. The van der Waals surface area contributed by atoms with Crippen LogP contribution in [0.4, 0.5) is 13.2 Å². The number of nitrogens with zero attached hydrogens (tertiary/aromatic N) is 2. The zero-order valence-electron chi connectivity index (χ0n) is 8.62. The van der Waals surface area contributed by atoms with Crippen molar-refractivity contribution in [3.63, 3.8) is 0 Å². The van der Waals surface area contributed by atoms with Gasteiger partial charge in [-0.05, 0) is 18.4 Å². The predicted octanol–water partition coefficient (Wildman–Crippen LogP) is 1.93. The van der Waals surface area contributed by atoms with E-state index in [1.807, 2.05) is 6.26 Å². The minimum atomic E-state index is -4.33. The van der Waals surface area contributed by atoms with Crippen LogP contribution in [0.1, 0.15) is 24.2 Å². The van der Waals surface area contributed by atoms with E-state index < -0.39 is 18.6 Å². The van der Waals surface area contributed by atoms with Gasteiger partial charge in [0.15, 0.2) is 5.82 Å². The number of halogens is 3. The van der Waals surface area contributed by atoms with Crippen molar-refractivity contribution in [1.82, 2.24) is 10.1 Å². The first kappa shape index (κ1) is 13.3. The Labute approximate surface area is 94.8 Å². The maximum atomic E-state index is 12.0. The van der Waals surface area contributed by atoms with Crippen molar-refractivity contribution in [3.05, 3.63) is 11.7 Å². The second kappa shape index (κ2) is 5.53. The Kier molecular flexibility index (Phi) is 4.60. The molecule has 1 heterocycles. The normalized spacial score (nSPS) is 14.1. The number of hydrogen-bond donors (Lipinski definition) is 1. The van der Waals surface area contributed by atoms with E-state index in [-0.39, 0.29) is 11.7 Å². The van der Waals surface area contributed by atoms with Crippen LogP contribution in [0.3, 0.4) is 0 Å². The number of hydrogen-bond acceptors (Lipinski definition) is 5. The van der Waals surface area contributed by atoms with Gasteiger partial charge in [-0.1, -0.05) is 5.16 Å². The van der Waals surface area contributed by atoms with Gasteiger partial charge < -0.3 is 10.3 Å². The molecule has 1 rings (SSSR count). The van der Waals surface area contributed by atoms with E-state index in [1.165, 1.54) is 0 Å². The van der Waals surface area contributed by atoms with Crippen LogP contribution in [0, 0.1) is 0 Å². The van der Waals surface area contributed by atoms with Crippen molar-refractivity contribution in [1.29, 1.82) is 0 Å². The minimum Gasteiger partial charge on any atom is -0.338 e. The van der Waals surface area contributed by atoms with E-state index in [2.05, 4.69) is 14.7 Å². The topological polar surface area (TPSA) is 64.9 Å². The lowest BCUT2D eigenvalue weighted by Gasteiger charge is -2.03. The summed E-state index contributed by atoms with van der Waals surface area (Å²) in [4.78, 5) is 3.62. The third-order valence-electron chi connectivity index (χ3n) is 1.79. The summed E-state index contributed by atoms with van der Waals surface area (Å²) in [6, 6.07) is -0.498. The van der Waals surface area contributed by atoms with Gasteiger partial charge in [0, 0.05) is 0 Å². The molecule has 0 saturated carbocycles. The first-order valence-electron chi connectivity index (χ1n) is 4.56. The monoisotopic (exact) mass is 255 g/mol. The third-order valence-corrected chi connectivity index (χ3v) is 2.44. The van der Waals surface area contributed by atoms with Crippen molar-refractivity contribution in [2.45, 2.75) is 25.1 Å². The molecule has 0 aliphatic heterocycles. The van der Waals surface area contributed by atoms with Gasteiger partial charge in [-0.3, -0.25) is 0 Å². The van der Waals surface area contributed by atoms with Gasteiger partial charge in [0.2, 0.25) is 5.89 Å². The van der Waals surface area contributed by atoms with Crippen LogP contribution in [0.15, 0.2) is 4.52 Å². The Morgan fingerprint density at radius 3 is 2.75 bits per heavy atom. The number of alkyl halides is 3. The summed E-state index contributed by atoms with van der Waals surface area (Å²) >= 11 is 1.59. The molecule has 0 aromatic carbocycles. The standard InChI is InChI=1S/C8H12F3N3OS/c1-16-3-2-5(12)7-13-6(14-15-7)4-8(9,10)11/h5H,2-4,12H2,1H3/t5-/m1/s1. The number of aromatic nitrogens is 2. The minimum absolute atomic E-state index is 0.0632. The average molecular weight is 255 g/mol. The van der Waals surface area contributed by atoms with Crippen LogP contribution in [0.5, 0.6) is 0 Å². The van der Waals surface area contributed by atoms with E-state index in [9.17, 15) is 13.2 Å². The van der Waals surface area contributed by atoms with Crippen molar-refractivity contribution in [3.8, 4) is 0 Å². The lowest BCUT2D eigenvalue weighted by molar-refractivity contribution is -0.128. The molecular weight excluding hydrogens is 243 g/mol. The Morgan fingerprint density at radius 1 is 1.50 bits per heavy atom. The van der Waals surface area contributed by atoms with Crippen LogP contribution in [-0.2, 0) is 6.42 Å². The SMILES string of the molecule is CSCC[C@@H](N)c1nc(CC(F)(F)F)no1. The molecule has 0 aliphatic rings. The highest BCUT2D eigenvalue weighted by Crippen LogP contribution is 2.21. The maximum Gasteiger partial charge on any atom is 0.396 e. The predicted molar refractivity (Wildman–Crippen MR) is 54.0 cm³/mol. The van der Waals surface area contributed by atoms with Crippen LogP contribution < -0.4 is 5.73 Å². The van der Waals surface area contributed by atoms with Gasteiger partial charge in [-0.15, -0.1) is 0 Å². The maximum absolute atomic E-state index is 12.0. The van der Waals surface area contributed by atoms with Crippen molar-refractivity contribution >= 4 is 11.8 Å². The third kappa shape index (κ3) is 4.40. The van der Waals surface area contributed by atoms with Gasteiger partial charge in [0.05, 0.1) is 6.04 Å². The van der Waals surface area contributed by atoms with E-state index in [0.717, 1.165) is 5.75 Å². The van der Waals surface area contributed by atoms with Gasteiger partial charge in [0.1, 0.15) is 6.42 Å². The van der Waals surface area contributed by atoms with E-state index >= 15 is 0 Å². The molecule has 0 saturated heterocycles. The van der Waals surface area contributed by atoms with E-state index in [4.69, 9.17) is 5.73 Å². The molecule has 0 aliphatic carbocycles. The summed E-state index contributed by atoms with van der Waals surface area (Å²) in [5, 5.41) is 3.24. The zero-order chi connectivity index (χ0) is 12.2. The molecule has 2 N–H and O–H groups in total. The lowest BCUT2D eigenvalue weighted by Crippen LogP contribution is -2.14. The Bertz CT molecular complexity index is 329. The molecule has 0 amide bonds. The fourth-order valence-electron chi connectivity index (χ4n) is 1.04. The Hall–Kier alpha value is -0.760. The van der Waals surface area contributed by atoms with Gasteiger partial charge in [-0.2, -0.15) is 29.9 Å². The molecule has 8 heteroatoms. The molecule has 0 bridgehead atoms. The lowest BCUT2D eigenvalue weighted by atomic mass is 10.2. The van der Waals surface area contributed by atoms with Crippen LogP contribution in [0.2, 0.25) is 0 Å². The molecule has 16 heavy (non-hydrogen) atoms. The molecule has 1 atom stereocenters. The summed E-state index contributed by atoms with van der Waals surface area (Å²) in [5.41, 5.74) is 5.67. The zero-order valence-corrected chi connectivity index (χ0v) is 9.44. The second-order valence-corrected chi connectivity index (χ2v) is 4.21. The largest absolute Gasteiger partial charge is 0.396 e. The summed E-state index contributed by atoms with van der Waals surface area (Å²) in [6.07, 6.45) is -3.01. The van der Waals surface area contributed by atoms with Crippen molar-refractivity contribution in [2.75, 3.05) is 12.0 Å². The summed E-state index contributed by atoms with van der Waals surface area (Å²) in [5.74, 6) is 0.480. The smallest absolute Gasteiger partial charge is 0.338 e. The molecule has 0 radical (unpaired) electrons. The van der Waals surface area contributed by atoms with Gasteiger partial charge in [-0.25, -0.2) is 0 Å². The Morgan fingerprint density at radius 2 is 2.19 bits per heavy atom. The molecule has 0 spiro atoms. The van der Waals surface area contributed by atoms with Crippen LogP contribution >= 0.6 is 11.8 Å². The number of rotatable bonds is 5. The fraction of sp³-hybridized carbons (Fsp3) is 0.750. The number of nitrogens with two attached hydrogens (primary N) is 1. The first-order valence-corrected chi connectivity index (χ1v) is 5.95. The number of thioether (sulfide) groups is 1. The highest BCUT2D eigenvalue weighted by molar-refractivity contribution is 7.98. The van der Waals surface area contributed by atoms with Crippen molar-refractivity contribution < 1.29 is 17.7 Å². The van der Waals surface area contributed by atoms with Crippen LogP contribution in [-0.4, -0.2) is 28.3 Å². The Balaban J connectivity index is 2.57. The van der Waals surface area contributed by atoms with Crippen molar-refractivity contribution in [2.24, 2.45) is 5.73 Å². The van der Waals surface area contributed by atoms with Gasteiger partial charge >= 0.3 is 6.18 Å². The van der Waals surface area contributed by atoms with Crippen LogP contribution in [0.25, 0.3) is 0 Å². The molecule has 0 fully saturated rings. The molecule has 1 aromatic heterocycles. The summed E-state index contributed by atoms with van der Waals surface area (Å²) in [6.45, 7) is 0. The van der Waals surface area contributed by atoms with Gasteiger partial charge in [0.25, 0.3) is 0 Å².